The van der Waals surface area contributed by atoms with E-state index < -0.39 is 5.91 Å². The van der Waals surface area contributed by atoms with Gasteiger partial charge in [-0.05, 0) is 56.8 Å². The molecule has 2 aromatic carbocycles. The number of anilines is 4. The van der Waals surface area contributed by atoms with E-state index in [1.54, 1.807) is 0 Å². The molecule has 4 rings (SSSR count). The molecule has 0 atom stereocenters. The standard InChI is InChI=1S/C28H36N8O/c1-6-19-15-31-28(32-23-14-22(29)25(13-18(23)2)35(5)12-11-34(3)4)33-27(19)21-16-36(17-26(30)37)24-10-8-7-9-20(21)24/h7-10,13-16H,6,11-12,17,29H2,1-5H3,(H2,30,37)(H,31,32,33). The number of para-hydroxylation sites is 1. The number of nitrogen functional groups attached to an aromatic ring is 1. The van der Waals surface area contributed by atoms with Crippen molar-refractivity contribution < 1.29 is 4.79 Å². The number of aromatic nitrogens is 3. The van der Waals surface area contributed by atoms with Gasteiger partial charge in [-0.3, -0.25) is 4.79 Å². The summed E-state index contributed by atoms with van der Waals surface area (Å²) in [5, 5.41) is 4.38. The van der Waals surface area contributed by atoms with E-state index in [1.807, 2.05) is 54.2 Å². The second-order valence-corrected chi connectivity index (χ2v) is 9.65. The molecule has 0 saturated carbocycles. The van der Waals surface area contributed by atoms with Crippen LogP contribution in [0.3, 0.4) is 0 Å². The molecule has 9 nitrogen and oxygen atoms in total. The van der Waals surface area contributed by atoms with Gasteiger partial charge in [-0.15, -0.1) is 0 Å². The molecule has 194 valence electrons. The molecule has 1 amide bonds. The number of benzene rings is 2. The summed E-state index contributed by atoms with van der Waals surface area (Å²) in [4.78, 5) is 25.5. The van der Waals surface area contributed by atoms with E-state index in [4.69, 9.17) is 16.5 Å². The van der Waals surface area contributed by atoms with E-state index >= 15 is 0 Å². The van der Waals surface area contributed by atoms with Gasteiger partial charge < -0.3 is 31.2 Å². The van der Waals surface area contributed by atoms with Gasteiger partial charge >= 0.3 is 0 Å². The van der Waals surface area contributed by atoms with Crippen LogP contribution >= 0.6 is 0 Å². The van der Waals surface area contributed by atoms with Crippen molar-refractivity contribution >= 4 is 39.8 Å². The number of aryl methyl sites for hydroxylation is 2. The molecule has 0 saturated heterocycles. The molecule has 0 aliphatic carbocycles. The lowest BCUT2D eigenvalue weighted by Gasteiger charge is -2.24. The molecule has 0 aliphatic heterocycles. The smallest absolute Gasteiger partial charge is 0.237 e. The Morgan fingerprint density at radius 2 is 1.89 bits per heavy atom. The molecular weight excluding hydrogens is 464 g/mol. The average molecular weight is 501 g/mol. The first kappa shape index (κ1) is 26.0. The number of amides is 1. The summed E-state index contributed by atoms with van der Waals surface area (Å²) in [5.74, 6) is 0.0899. The zero-order valence-corrected chi connectivity index (χ0v) is 22.2. The first-order valence-electron chi connectivity index (χ1n) is 12.4. The Bertz CT molecular complexity index is 1430. The number of primary amides is 1. The van der Waals surface area contributed by atoms with Crippen molar-refractivity contribution in [2.75, 3.05) is 50.2 Å². The molecule has 2 heterocycles. The summed E-state index contributed by atoms with van der Waals surface area (Å²) in [6, 6.07) is 12.0. The average Bonchev–Trinajstić information content (AvgIpc) is 3.22. The zero-order valence-electron chi connectivity index (χ0n) is 22.2. The largest absolute Gasteiger partial charge is 0.397 e. The van der Waals surface area contributed by atoms with Gasteiger partial charge in [0.25, 0.3) is 0 Å². The molecule has 9 heteroatoms. The van der Waals surface area contributed by atoms with Crippen LogP contribution in [0.4, 0.5) is 23.0 Å². The van der Waals surface area contributed by atoms with Gasteiger partial charge in [-0.25, -0.2) is 9.97 Å². The van der Waals surface area contributed by atoms with Gasteiger partial charge in [0.05, 0.1) is 17.1 Å². The van der Waals surface area contributed by atoms with E-state index in [-0.39, 0.29) is 6.54 Å². The van der Waals surface area contributed by atoms with Crippen LogP contribution in [0.2, 0.25) is 0 Å². The Labute approximate surface area is 218 Å². The number of nitrogens with two attached hydrogens (primary N) is 2. The number of carbonyl (C=O) groups is 1. The Kier molecular flexibility index (Phi) is 7.63. The topological polar surface area (TPSA) is 118 Å². The fourth-order valence-electron chi connectivity index (χ4n) is 4.46. The number of rotatable bonds is 10. The Morgan fingerprint density at radius 1 is 1.14 bits per heavy atom. The van der Waals surface area contributed by atoms with Crippen molar-refractivity contribution in [3.8, 4) is 11.3 Å². The van der Waals surface area contributed by atoms with Crippen LogP contribution in [0.15, 0.2) is 48.8 Å². The third kappa shape index (κ3) is 5.67. The lowest BCUT2D eigenvalue weighted by Crippen LogP contribution is -2.29. The highest BCUT2D eigenvalue weighted by molar-refractivity contribution is 5.96. The molecule has 0 unspecified atom stereocenters. The van der Waals surface area contributed by atoms with E-state index in [9.17, 15) is 4.79 Å². The highest BCUT2D eigenvalue weighted by Gasteiger charge is 2.17. The van der Waals surface area contributed by atoms with Crippen LogP contribution in [-0.2, 0) is 17.8 Å². The summed E-state index contributed by atoms with van der Waals surface area (Å²) < 4.78 is 1.87. The SMILES string of the molecule is CCc1cnc(Nc2cc(N)c(N(C)CCN(C)C)cc2C)nc1-c1cn(CC(N)=O)c2ccccc12. The summed E-state index contributed by atoms with van der Waals surface area (Å²) in [6.07, 6.45) is 4.57. The molecule has 0 radical (unpaired) electrons. The Morgan fingerprint density at radius 3 is 2.59 bits per heavy atom. The number of likely N-dealkylation sites (N-methyl/N-ethyl adjacent to an activating group) is 2. The van der Waals surface area contributed by atoms with Crippen LogP contribution in [0.25, 0.3) is 22.2 Å². The van der Waals surface area contributed by atoms with Crippen molar-refractivity contribution in [2.24, 2.45) is 5.73 Å². The number of fused-ring (bicyclic) bond motifs is 1. The summed E-state index contributed by atoms with van der Waals surface area (Å²) in [5.41, 5.74) is 19.2. The maximum Gasteiger partial charge on any atom is 0.237 e. The summed E-state index contributed by atoms with van der Waals surface area (Å²) in [7, 11) is 6.17. The van der Waals surface area contributed by atoms with Gasteiger partial charge in [0.15, 0.2) is 0 Å². The monoisotopic (exact) mass is 500 g/mol. The van der Waals surface area contributed by atoms with Crippen molar-refractivity contribution in [1.29, 1.82) is 0 Å². The third-order valence-electron chi connectivity index (χ3n) is 6.53. The predicted octanol–water partition coefficient (Wildman–Crippen LogP) is 3.78. The zero-order chi connectivity index (χ0) is 26.7. The van der Waals surface area contributed by atoms with Crippen molar-refractivity contribution in [3.63, 3.8) is 0 Å². The highest BCUT2D eigenvalue weighted by atomic mass is 16.1. The molecule has 37 heavy (non-hydrogen) atoms. The molecule has 5 N–H and O–H groups in total. The minimum atomic E-state index is -0.392. The van der Waals surface area contributed by atoms with Crippen LogP contribution in [0.5, 0.6) is 0 Å². The molecule has 2 aromatic heterocycles. The second-order valence-electron chi connectivity index (χ2n) is 9.65. The van der Waals surface area contributed by atoms with E-state index in [1.165, 1.54) is 0 Å². The molecule has 0 aliphatic rings. The minimum absolute atomic E-state index is 0.103. The molecule has 4 aromatic rings. The molecule has 0 spiro atoms. The molecule has 0 bridgehead atoms. The highest BCUT2D eigenvalue weighted by Crippen LogP contribution is 2.34. The number of hydrogen-bond acceptors (Lipinski definition) is 7. The maximum absolute atomic E-state index is 11.7. The second kappa shape index (κ2) is 10.9. The fraction of sp³-hybridized carbons (Fsp3) is 0.321. The molecular formula is C28H36N8O. The van der Waals surface area contributed by atoms with Gasteiger partial charge in [0.2, 0.25) is 11.9 Å². The number of carbonyl (C=O) groups excluding carboxylic acids is 1. The van der Waals surface area contributed by atoms with Crippen LogP contribution < -0.4 is 21.7 Å². The van der Waals surface area contributed by atoms with Gasteiger partial charge in [-0.2, -0.15) is 0 Å². The lowest BCUT2D eigenvalue weighted by atomic mass is 10.0. The van der Waals surface area contributed by atoms with Crippen LogP contribution in [-0.4, -0.2) is 59.6 Å². The van der Waals surface area contributed by atoms with Crippen LogP contribution in [0.1, 0.15) is 18.1 Å². The van der Waals surface area contributed by atoms with Gasteiger partial charge in [-0.1, -0.05) is 25.1 Å². The normalized spacial score (nSPS) is 11.3. The number of nitrogens with zero attached hydrogens (tertiary/aromatic N) is 5. The third-order valence-corrected chi connectivity index (χ3v) is 6.53. The van der Waals surface area contributed by atoms with Gasteiger partial charge in [0, 0.05) is 54.7 Å². The van der Waals surface area contributed by atoms with Crippen molar-refractivity contribution in [2.45, 2.75) is 26.8 Å². The van der Waals surface area contributed by atoms with E-state index in [0.29, 0.717) is 11.6 Å². The predicted molar refractivity (Wildman–Crippen MR) is 152 cm³/mol. The number of hydrogen-bond donors (Lipinski definition) is 3. The summed E-state index contributed by atoms with van der Waals surface area (Å²) >= 11 is 0. The lowest BCUT2D eigenvalue weighted by molar-refractivity contribution is -0.118. The number of nitrogens with one attached hydrogen (secondary N) is 1. The van der Waals surface area contributed by atoms with Crippen molar-refractivity contribution in [1.82, 2.24) is 19.4 Å². The quantitative estimate of drug-likeness (QED) is 0.284. The first-order chi connectivity index (χ1) is 17.7. The maximum atomic E-state index is 11.7. The van der Waals surface area contributed by atoms with E-state index in [2.05, 4.69) is 54.2 Å². The fourth-order valence-corrected chi connectivity index (χ4v) is 4.46. The van der Waals surface area contributed by atoms with E-state index in [0.717, 1.165) is 64.2 Å². The molecule has 0 fully saturated rings. The Hall–Kier alpha value is -4.11. The van der Waals surface area contributed by atoms with Gasteiger partial charge in [0.1, 0.15) is 6.54 Å². The summed E-state index contributed by atoms with van der Waals surface area (Å²) in [6.45, 7) is 6.03. The first-order valence-corrected chi connectivity index (χ1v) is 12.4. The van der Waals surface area contributed by atoms with Crippen molar-refractivity contribution in [3.05, 3.63) is 59.9 Å². The minimum Gasteiger partial charge on any atom is -0.397 e. The Balaban J connectivity index is 1.70. The van der Waals surface area contributed by atoms with Crippen LogP contribution in [0, 0.1) is 6.92 Å².